The summed E-state index contributed by atoms with van der Waals surface area (Å²) in [5, 5.41) is 8.24. The Labute approximate surface area is 140 Å². The summed E-state index contributed by atoms with van der Waals surface area (Å²) in [5.74, 6) is 2.23. The zero-order valence-electron chi connectivity index (χ0n) is 14.1. The second kappa shape index (κ2) is 6.32. The molecule has 0 saturated carbocycles. The summed E-state index contributed by atoms with van der Waals surface area (Å²) in [6.45, 7) is 7.13. The highest BCUT2D eigenvalue weighted by Gasteiger charge is 2.26. The molecule has 0 amide bonds. The number of hydrogen-bond donors (Lipinski definition) is 0. The monoisotopic (exact) mass is 326 g/mol. The summed E-state index contributed by atoms with van der Waals surface area (Å²) in [5.41, 5.74) is 2.14. The third-order valence-electron chi connectivity index (χ3n) is 4.58. The smallest absolute Gasteiger partial charge is 0.231 e. The second-order valence-corrected chi connectivity index (χ2v) is 6.82. The van der Waals surface area contributed by atoms with Crippen LogP contribution >= 0.6 is 0 Å². The quantitative estimate of drug-likeness (QED) is 0.734. The van der Waals surface area contributed by atoms with Gasteiger partial charge in [0.1, 0.15) is 6.33 Å². The van der Waals surface area contributed by atoms with Gasteiger partial charge in [-0.3, -0.25) is 4.90 Å². The Morgan fingerprint density at radius 1 is 1.38 bits per heavy atom. The van der Waals surface area contributed by atoms with Gasteiger partial charge < -0.3 is 4.52 Å². The van der Waals surface area contributed by atoms with Crippen molar-refractivity contribution in [3.63, 3.8) is 0 Å². The fraction of sp³-hybridized carbons (Fsp3) is 0.529. The van der Waals surface area contributed by atoms with Crippen molar-refractivity contribution in [1.82, 2.24) is 29.6 Å². The van der Waals surface area contributed by atoms with Crippen molar-refractivity contribution in [2.75, 3.05) is 13.1 Å². The van der Waals surface area contributed by atoms with E-state index in [1.54, 1.807) is 10.8 Å². The maximum Gasteiger partial charge on any atom is 0.231 e. The van der Waals surface area contributed by atoms with E-state index in [9.17, 15) is 0 Å². The molecule has 0 bridgehead atoms. The van der Waals surface area contributed by atoms with Crippen molar-refractivity contribution < 1.29 is 4.52 Å². The van der Waals surface area contributed by atoms with Crippen molar-refractivity contribution >= 4 is 5.65 Å². The molecule has 7 nitrogen and oxygen atoms in total. The van der Waals surface area contributed by atoms with Gasteiger partial charge in [-0.2, -0.15) is 10.1 Å². The topological polar surface area (TPSA) is 72.4 Å². The number of nitrogens with zero attached hydrogens (tertiary/aromatic N) is 6. The molecule has 1 unspecified atom stereocenters. The van der Waals surface area contributed by atoms with Crippen molar-refractivity contribution in [2.24, 2.45) is 0 Å². The third kappa shape index (κ3) is 3.03. The van der Waals surface area contributed by atoms with Crippen LogP contribution in [-0.2, 0) is 6.54 Å². The number of likely N-dealkylation sites (tertiary alicyclic amines) is 1. The lowest BCUT2D eigenvalue weighted by Crippen LogP contribution is -2.34. The first-order chi connectivity index (χ1) is 11.7. The standard InChI is InChI=1S/C17H22N6O/c1-12(2)16-20-17(24-21-16)14-4-3-6-22(10-14)9-13-5-7-23-15(8-13)18-11-19-23/h5,7-8,11-12,14H,3-4,6,9-10H2,1-2H3. The molecule has 4 rings (SSSR count). The molecule has 1 atom stereocenters. The molecule has 1 saturated heterocycles. The SMILES string of the molecule is CC(C)c1noc(C2CCCN(Cc3ccn4ncnc4c3)C2)n1. The Hall–Kier alpha value is -2.28. The highest BCUT2D eigenvalue weighted by molar-refractivity contribution is 5.39. The molecular formula is C17H22N6O. The molecule has 1 aliphatic heterocycles. The third-order valence-corrected chi connectivity index (χ3v) is 4.58. The summed E-state index contributed by atoms with van der Waals surface area (Å²) in [6, 6.07) is 4.20. The average Bonchev–Trinajstić information content (AvgIpc) is 3.24. The van der Waals surface area contributed by atoms with Gasteiger partial charge in [-0.1, -0.05) is 19.0 Å². The van der Waals surface area contributed by atoms with Crippen LogP contribution in [-0.4, -0.2) is 42.7 Å². The van der Waals surface area contributed by atoms with E-state index in [4.69, 9.17) is 4.52 Å². The van der Waals surface area contributed by atoms with E-state index in [0.29, 0.717) is 11.8 Å². The minimum atomic E-state index is 0.303. The zero-order chi connectivity index (χ0) is 16.5. The van der Waals surface area contributed by atoms with Crippen molar-refractivity contribution in [3.05, 3.63) is 41.9 Å². The average molecular weight is 326 g/mol. The van der Waals surface area contributed by atoms with Gasteiger partial charge in [0.2, 0.25) is 5.89 Å². The largest absolute Gasteiger partial charge is 0.339 e. The lowest BCUT2D eigenvalue weighted by Gasteiger charge is -2.30. The number of fused-ring (bicyclic) bond motifs is 1. The van der Waals surface area contributed by atoms with Gasteiger partial charge in [-0.15, -0.1) is 0 Å². The Bertz CT molecular complexity index is 823. The molecule has 0 radical (unpaired) electrons. The van der Waals surface area contributed by atoms with Gasteiger partial charge in [0, 0.05) is 25.2 Å². The van der Waals surface area contributed by atoms with E-state index in [2.05, 4.69) is 51.1 Å². The molecule has 1 fully saturated rings. The molecule has 7 heteroatoms. The molecule has 126 valence electrons. The van der Waals surface area contributed by atoms with E-state index in [1.165, 1.54) is 5.56 Å². The van der Waals surface area contributed by atoms with Gasteiger partial charge in [-0.25, -0.2) is 9.50 Å². The second-order valence-electron chi connectivity index (χ2n) is 6.82. The first-order valence-electron chi connectivity index (χ1n) is 8.53. The highest BCUT2D eigenvalue weighted by atomic mass is 16.5. The summed E-state index contributed by atoms with van der Waals surface area (Å²) >= 11 is 0. The van der Waals surface area contributed by atoms with Crippen LogP contribution in [0.1, 0.15) is 55.8 Å². The van der Waals surface area contributed by atoms with Crippen LogP contribution in [0.25, 0.3) is 5.65 Å². The maximum absolute atomic E-state index is 5.50. The van der Waals surface area contributed by atoms with Crippen LogP contribution in [0.5, 0.6) is 0 Å². The lowest BCUT2D eigenvalue weighted by atomic mass is 9.97. The van der Waals surface area contributed by atoms with E-state index in [1.807, 2.05) is 6.20 Å². The molecule has 24 heavy (non-hydrogen) atoms. The van der Waals surface area contributed by atoms with Crippen LogP contribution in [0.15, 0.2) is 29.2 Å². The fourth-order valence-electron chi connectivity index (χ4n) is 3.26. The molecule has 3 aromatic rings. The first-order valence-corrected chi connectivity index (χ1v) is 8.53. The van der Waals surface area contributed by atoms with Crippen LogP contribution in [0.3, 0.4) is 0 Å². The van der Waals surface area contributed by atoms with Crippen molar-refractivity contribution in [2.45, 2.75) is 45.1 Å². The van der Waals surface area contributed by atoms with Gasteiger partial charge in [0.05, 0.1) is 5.92 Å². The predicted molar refractivity (Wildman–Crippen MR) is 88.6 cm³/mol. The highest BCUT2D eigenvalue weighted by Crippen LogP contribution is 2.27. The molecular weight excluding hydrogens is 304 g/mol. The maximum atomic E-state index is 5.50. The Morgan fingerprint density at radius 3 is 3.12 bits per heavy atom. The molecule has 0 aromatic carbocycles. The lowest BCUT2D eigenvalue weighted by molar-refractivity contribution is 0.180. The number of rotatable bonds is 4. The zero-order valence-corrected chi connectivity index (χ0v) is 14.1. The molecule has 0 spiro atoms. The van der Waals surface area contributed by atoms with Crippen molar-refractivity contribution in [1.29, 1.82) is 0 Å². The molecule has 1 aliphatic rings. The van der Waals surface area contributed by atoms with Crippen LogP contribution in [0, 0.1) is 0 Å². The fourth-order valence-corrected chi connectivity index (χ4v) is 3.26. The molecule has 4 heterocycles. The van der Waals surface area contributed by atoms with Gasteiger partial charge in [-0.05, 0) is 37.1 Å². The van der Waals surface area contributed by atoms with Crippen LogP contribution in [0.2, 0.25) is 0 Å². The van der Waals surface area contributed by atoms with Gasteiger partial charge in [0.25, 0.3) is 0 Å². The summed E-state index contributed by atoms with van der Waals surface area (Å²) in [6.07, 6.45) is 5.81. The molecule has 0 N–H and O–H groups in total. The number of pyridine rings is 1. The minimum Gasteiger partial charge on any atom is -0.339 e. The normalized spacial score (nSPS) is 19.4. The van der Waals surface area contributed by atoms with E-state index >= 15 is 0 Å². The summed E-state index contributed by atoms with van der Waals surface area (Å²) < 4.78 is 7.29. The molecule has 0 aliphatic carbocycles. The number of piperidine rings is 1. The van der Waals surface area contributed by atoms with Gasteiger partial charge >= 0.3 is 0 Å². The van der Waals surface area contributed by atoms with Crippen molar-refractivity contribution in [3.8, 4) is 0 Å². The van der Waals surface area contributed by atoms with E-state index < -0.39 is 0 Å². The Kier molecular flexibility index (Phi) is 4.02. The number of aromatic nitrogens is 5. The van der Waals surface area contributed by atoms with Crippen LogP contribution in [0.4, 0.5) is 0 Å². The predicted octanol–water partition coefficient (Wildman–Crippen LogP) is 2.62. The Morgan fingerprint density at radius 2 is 2.29 bits per heavy atom. The van der Waals surface area contributed by atoms with Gasteiger partial charge in [0.15, 0.2) is 11.5 Å². The number of hydrogen-bond acceptors (Lipinski definition) is 6. The van der Waals surface area contributed by atoms with Crippen LogP contribution < -0.4 is 0 Å². The Balaban J connectivity index is 1.45. The first kappa shape index (κ1) is 15.3. The summed E-state index contributed by atoms with van der Waals surface area (Å²) in [7, 11) is 0. The van der Waals surface area contributed by atoms with E-state index in [0.717, 1.165) is 49.8 Å². The molecule has 3 aromatic heterocycles. The van der Waals surface area contributed by atoms with E-state index in [-0.39, 0.29) is 0 Å². The summed E-state index contributed by atoms with van der Waals surface area (Å²) in [4.78, 5) is 11.3. The minimum absolute atomic E-state index is 0.303.